The molecule has 0 fully saturated rings. The van der Waals surface area contributed by atoms with Crippen molar-refractivity contribution in [1.29, 1.82) is 0 Å². The Bertz CT molecular complexity index is 818. The van der Waals surface area contributed by atoms with Crippen LogP contribution >= 0.6 is 31.9 Å². The van der Waals surface area contributed by atoms with Gasteiger partial charge in [-0.05, 0) is 42.0 Å². The molecule has 0 N–H and O–H groups in total. The zero-order valence-electron chi connectivity index (χ0n) is 13.3. The van der Waals surface area contributed by atoms with E-state index in [0.717, 1.165) is 11.3 Å². The van der Waals surface area contributed by atoms with Gasteiger partial charge in [-0.1, -0.05) is 80.4 Å². The zero-order chi connectivity index (χ0) is 17.6. The smallest absolute Gasteiger partial charge is 0.177 e. The van der Waals surface area contributed by atoms with Gasteiger partial charge in [0.15, 0.2) is 5.78 Å². The number of halogens is 2. The van der Waals surface area contributed by atoms with Crippen molar-refractivity contribution in [3.63, 3.8) is 0 Å². The molecule has 0 aliphatic heterocycles. The van der Waals surface area contributed by atoms with E-state index in [2.05, 4.69) is 31.9 Å². The molecule has 0 aliphatic carbocycles. The summed E-state index contributed by atoms with van der Waals surface area (Å²) >= 11 is 7.14. The predicted molar refractivity (Wildman–Crippen MR) is 108 cm³/mol. The lowest BCUT2D eigenvalue weighted by Crippen LogP contribution is -2.19. The fourth-order valence-corrected chi connectivity index (χ4v) is 3.52. The van der Waals surface area contributed by atoms with Crippen LogP contribution < -0.4 is 4.74 Å². The minimum absolute atomic E-state index is 0.0250. The van der Waals surface area contributed by atoms with Crippen molar-refractivity contribution in [2.75, 3.05) is 0 Å². The number of hydrogen-bond donors (Lipinski definition) is 0. The molecular weight excluding hydrogens is 444 g/mol. The minimum Gasteiger partial charge on any atom is -0.457 e. The Morgan fingerprint density at radius 1 is 0.720 bits per heavy atom. The second kappa shape index (κ2) is 8.45. The number of ketones is 1. The first-order valence-corrected chi connectivity index (χ1v) is 9.68. The molecule has 0 unspecified atom stereocenters. The molecule has 126 valence electrons. The lowest BCUT2D eigenvalue weighted by Gasteiger charge is -2.16. The van der Waals surface area contributed by atoms with Gasteiger partial charge >= 0.3 is 0 Å². The number of alkyl halides is 2. The third kappa shape index (κ3) is 4.59. The maximum Gasteiger partial charge on any atom is 0.177 e. The van der Waals surface area contributed by atoms with Gasteiger partial charge in [-0.2, -0.15) is 0 Å². The fourth-order valence-electron chi connectivity index (χ4n) is 2.41. The molecule has 3 rings (SSSR count). The van der Waals surface area contributed by atoms with Crippen LogP contribution in [0.4, 0.5) is 0 Å². The average molecular weight is 460 g/mol. The van der Waals surface area contributed by atoms with Crippen molar-refractivity contribution >= 4 is 37.6 Å². The van der Waals surface area contributed by atoms with Gasteiger partial charge in [0.05, 0.1) is 9.65 Å². The maximum atomic E-state index is 12.7. The molecule has 0 spiro atoms. The molecule has 4 heteroatoms. The van der Waals surface area contributed by atoms with E-state index in [1.54, 1.807) is 12.1 Å². The largest absolute Gasteiger partial charge is 0.457 e. The number of carbonyl (C=O) groups is 1. The van der Waals surface area contributed by atoms with Crippen LogP contribution in [0, 0.1) is 0 Å². The molecular formula is C21H16Br2O2. The van der Waals surface area contributed by atoms with Gasteiger partial charge in [-0.15, -0.1) is 0 Å². The Balaban J connectivity index is 1.70. The highest BCUT2D eigenvalue weighted by Crippen LogP contribution is 2.33. The second-order valence-electron chi connectivity index (χ2n) is 5.52. The predicted octanol–water partition coefficient (Wildman–Crippen LogP) is 6.56. The van der Waals surface area contributed by atoms with E-state index in [-0.39, 0.29) is 15.4 Å². The van der Waals surface area contributed by atoms with Crippen molar-refractivity contribution in [3.8, 4) is 11.5 Å². The number of ether oxygens (including phenoxy) is 1. The Kier molecular flexibility index (Phi) is 6.05. The lowest BCUT2D eigenvalue weighted by atomic mass is 10.0. The van der Waals surface area contributed by atoms with Crippen LogP contribution in [0.1, 0.15) is 20.7 Å². The summed E-state index contributed by atoms with van der Waals surface area (Å²) in [6.07, 6.45) is 0. The molecule has 0 heterocycles. The Hall–Kier alpha value is -1.91. The molecule has 0 saturated heterocycles. The number of carbonyl (C=O) groups excluding carboxylic acids is 1. The summed E-state index contributed by atoms with van der Waals surface area (Å²) in [4.78, 5) is 12.3. The number of Topliss-reactive ketones (excluding diaryl/α,β-unsaturated/α-hetero) is 1. The Morgan fingerprint density at radius 2 is 1.24 bits per heavy atom. The summed E-state index contributed by atoms with van der Waals surface area (Å²) in [5, 5.41) is 0. The molecule has 2 atom stereocenters. The van der Waals surface area contributed by atoms with E-state index >= 15 is 0 Å². The number of para-hydroxylation sites is 1. The van der Waals surface area contributed by atoms with Gasteiger partial charge in [0.1, 0.15) is 11.5 Å². The van der Waals surface area contributed by atoms with E-state index in [1.807, 2.05) is 72.8 Å². The van der Waals surface area contributed by atoms with Crippen LogP contribution in [0.3, 0.4) is 0 Å². The standard InChI is InChI=1S/C21H16Br2O2/c22-19(15-7-3-1-4-8-15)20(23)21(24)16-11-13-18(14-12-16)25-17-9-5-2-6-10-17/h1-14,19-20H/t19-,20-/m1/s1. The first-order chi connectivity index (χ1) is 12.1. The van der Waals surface area contributed by atoms with Gasteiger partial charge in [-0.3, -0.25) is 4.79 Å². The summed E-state index contributed by atoms with van der Waals surface area (Å²) in [6.45, 7) is 0. The van der Waals surface area contributed by atoms with Gasteiger partial charge in [0.2, 0.25) is 0 Å². The van der Waals surface area contributed by atoms with E-state index in [9.17, 15) is 4.79 Å². The summed E-state index contributed by atoms with van der Waals surface area (Å²) < 4.78 is 5.76. The molecule has 0 aliphatic rings. The fraction of sp³-hybridized carbons (Fsp3) is 0.0952. The highest BCUT2D eigenvalue weighted by molar-refractivity contribution is 9.12. The van der Waals surface area contributed by atoms with Crippen molar-refractivity contribution < 1.29 is 9.53 Å². The molecule has 0 bridgehead atoms. The van der Waals surface area contributed by atoms with E-state index in [0.29, 0.717) is 11.3 Å². The van der Waals surface area contributed by atoms with Crippen molar-refractivity contribution in [1.82, 2.24) is 0 Å². The Labute approximate surface area is 164 Å². The highest BCUT2D eigenvalue weighted by Gasteiger charge is 2.25. The molecule has 0 aromatic heterocycles. The van der Waals surface area contributed by atoms with Gasteiger partial charge < -0.3 is 4.74 Å². The zero-order valence-corrected chi connectivity index (χ0v) is 16.5. The first-order valence-electron chi connectivity index (χ1n) is 7.85. The van der Waals surface area contributed by atoms with Crippen LogP contribution in [-0.4, -0.2) is 10.6 Å². The first kappa shape index (κ1) is 17.9. The van der Waals surface area contributed by atoms with E-state index < -0.39 is 0 Å². The van der Waals surface area contributed by atoms with Crippen LogP contribution in [0.25, 0.3) is 0 Å². The summed E-state index contributed by atoms with van der Waals surface area (Å²) in [7, 11) is 0. The Morgan fingerprint density at radius 3 is 1.84 bits per heavy atom. The third-order valence-corrected chi connectivity index (χ3v) is 6.45. The molecule has 0 amide bonds. The average Bonchev–Trinajstić information content (AvgIpc) is 2.68. The SMILES string of the molecule is O=C(c1ccc(Oc2ccccc2)cc1)[C@H](Br)[C@H](Br)c1ccccc1. The van der Waals surface area contributed by atoms with Crippen LogP contribution in [0.2, 0.25) is 0 Å². The summed E-state index contributed by atoms with van der Waals surface area (Å²) in [5.41, 5.74) is 1.70. The van der Waals surface area contributed by atoms with Crippen LogP contribution in [0.15, 0.2) is 84.9 Å². The second-order valence-corrected chi connectivity index (χ2v) is 7.49. The van der Waals surface area contributed by atoms with Crippen LogP contribution in [0.5, 0.6) is 11.5 Å². The quantitative estimate of drug-likeness (QED) is 0.308. The molecule has 3 aromatic carbocycles. The summed E-state index contributed by atoms with van der Waals surface area (Å²) in [5.74, 6) is 1.49. The molecule has 0 saturated carbocycles. The highest BCUT2D eigenvalue weighted by atomic mass is 79.9. The van der Waals surface area contributed by atoms with Gasteiger partial charge in [0.25, 0.3) is 0 Å². The van der Waals surface area contributed by atoms with Gasteiger partial charge in [0, 0.05) is 5.56 Å². The van der Waals surface area contributed by atoms with Crippen molar-refractivity contribution in [2.45, 2.75) is 9.65 Å². The minimum atomic E-state index is -0.351. The van der Waals surface area contributed by atoms with Gasteiger partial charge in [-0.25, -0.2) is 0 Å². The maximum absolute atomic E-state index is 12.7. The molecule has 25 heavy (non-hydrogen) atoms. The monoisotopic (exact) mass is 458 g/mol. The van der Waals surface area contributed by atoms with Crippen molar-refractivity contribution in [2.24, 2.45) is 0 Å². The summed E-state index contributed by atoms with van der Waals surface area (Å²) in [6, 6.07) is 26.6. The molecule has 0 radical (unpaired) electrons. The number of benzene rings is 3. The van der Waals surface area contributed by atoms with Crippen molar-refractivity contribution in [3.05, 3.63) is 96.1 Å². The topological polar surface area (TPSA) is 26.3 Å². The van der Waals surface area contributed by atoms with Crippen LogP contribution in [-0.2, 0) is 0 Å². The normalized spacial score (nSPS) is 13.0. The van der Waals surface area contributed by atoms with E-state index in [1.165, 1.54) is 0 Å². The van der Waals surface area contributed by atoms with E-state index in [4.69, 9.17) is 4.74 Å². The number of rotatable bonds is 6. The molecule has 2 nitrogen and oxygen atoms in total. The molecule has 3 aromatic rings. The lowest BCUT2D eigenvalue weighted by molar-refractivity contribution is 0.0991. The third-order valence-electron chi connectivity index (χ3n) is 3.74. The number of hydrogen-bond acceptors (Lipinski definition) is 2.